The molecule has 0 saturated carbocycles. The Bertz CT molecular complexity index is 694. The van der Waals surface area contributed by atoms with E-state index in [0.717, 1.165) is 5.56 Å². The Morgan fingerprint density at radius 2 is 1.76 bits per heavy atom. The molecule has 0 atom stereocenters. The molecular weight excluding hydrogens is 311 g/mol. The van der Waals surface area contributed by atoms with E-state index >= 15 is 0 Å². The smallest absolute Gasteiger partial charge is 0.368 e. The van der Waals surface area contributed by atoms with Gasteiger partial charge in [0.05, 0.1) is 15.6 Å². The summed E-state index contributed by atoms with van der Waals surface area (Å²) >= 11 is 11.8. The first-order valence-electron chi connectivity index (χ1n) is 6.05. The van der Waals surface area contributed by atoms with Crippen LogP contribution in [0.15, 0.2) is 47.6 Å². The molecule has 0 aliphatic heterocycles. The maximum absolute atomic E-state index is 11.9. The standard InChI is InChI=1S/C15H12Cl2N2O2/c1-9-4-2-5-10(8-9)14(18)19-21-15(20)13-11(16)6-3-7-12(13)17/h2-8H,1H3,(H2,18,19). The number of rotatable bonds is 3. The van der Waals surface area contributed by atoms with Gasteiger partial charge in [-0.1, -0.05) is 58.2 Å². The SMILES string of the molecule is Cc1cccc(/C(N)=N/OC(=O)c2c(Cl)cccc2Cl)c1. The van der Waals surface area contributed by atoms with Crippen LogP contribution in [0.3, 0.4) is 0 Å². The highest BCUT2D eigenvalue weighted by molar-refractivity contribution is 6.39. The van der Waals surface area contributed by atoms with Crippen molar-refractivity contribution in [3.8, 4) is 0 Å². The topological polar surface area (TPSA) is 64.7 Å². The largest absolute Gasteiger partial charge is 0.380 e. The van der Waals surface area contributed by atoms with Crippen LogP contribution in [0, 0.1) is 6.92 Å². The van der Waals surface area contributed by atoms with E-state index in [1.54, 1.807) is 12.1 Å². The van der Waals surface area contributed by atoms with Gasteiger partial charge in [0.1, 0.15) is 0 Å². The van der Waals surface area contributed by atoms with Crippen molar-refractivity contribution in [3.05, 3.63) is 69.2 Å². The number of carbonyl (C=O) groups is 1. The fraction of sp³-hybridized carbons (Fsp3) is 0.0667. The van der Waals surface area contributed by atoms with Gasteiger partial charge < -0.3 is 10.6 Å². The van der Waals surface area contributed by atoms with E-state index in [1.165, 1.54) is 12.1 Å². The summed E-state index contributed by atoms with van der Waals surface area (Å²) in [5, 5.41) is 4.00. The molecule has 0 spiro atoms. The van der Waals surface area contributed by atoms with Crippen LogP contribution in [-0.2, 0) is 4.84 Å². The maximum atomic E-state index is 11.9. The minimum Gasteiger partial charge on any atom is -0.380 e. The second kappa shape index (κ2) is 6.61. The van der Waals surface area contributed by atoms with E-state index in [2.05, 4.69) is 5.16 Å². The molecule has 0 bridgehead atoms. The second-order valence-electron chi connectivity index (χ2n) is 4.32. The highest BCUT2D eigenvalue weighted by atomic mass is 35.5. The van der Waals surface area contributed by atoms with Gasteiger partial charge in [-0.2, -0.15) is 0 Å². The molecule has 108 valence electrons. The number of halogens is 2. The van der Waals surface area contributed by atoms with Crippen molar-refractivity contribution in [2.75, 3.05) is 0 Å². The van der Waals surface area contributed by atoms with Crippen LogP contribution in [0.1, 0.15) is 21.5 Å². The van der Waals surface area contributed by atoms with Gasteiger partial charge in [-0.05, 0) is 25.1 Å². The van der Waals surface area contributed by atoms with Crippen molar-refractivity contribution in [1.29, 1.82) is 0 Å². The number of hydrogen-bond donors (Lipinski definition) is 1. The molecular formula is C15H12Cl2N2O2. The molecule has 0 unspecified atom stereocenters. The highest BCUT2D eigenvalue weighted by Crippen LogP contribution is 2.25. The molecule has 6 heteroatoms. The zero-order chi connectivity index (χ0) is 15.4. The second-order valence-corrected chi connectivity index (χ2v) is 5.14. The summed E-state index contributed by atoms with van der Waals surface area (Å²) in [7, 11) is 0. The fourth-order valence-corrected chi connectivity index (χ4v) is 2.24. The first-order chi connectivity index (χ1) is 9.99. The van der Waals surface area contributed by atoms with Crippen molar-refractivity contribution >= 4 is 35.0 Å². The average Bonchev–Trinajstić information content (AvgIpc) is 2.44. The van der Waals surface area contributed by atoms with E-state index in [1.807, 2.05) is 25.1 Å². The predicted octanol–water partition coefficient (Wildman–Crippen LogP) is 3.78. The van der Waals surface area contributed by atoms with Gasteiger partial charge in [-0.3, -0.25) is 0 Å². The third-order valence-electron chi connectivity index (χ3n) is 2.71. The molecule has 0 amide bonds. The number of benzene rings is 2. The van der Waals surface area contributed by atoms with Crippen molar-refractivity contribution in [2.24, 2.45) is 10.9 Å². The normalized spacial score (nSPS) is 11.3. The van der Waals surface area contributed by atoms with Gasteiger partial charge in [0, 0.05) is 5.56 Å². The van der Waals surface area contributed by atoms with Crippen LogP contribution < -0.4 is 5.73 Å². The van der Waals surface area contributed by atoms with Crippen LogP contribution in [0.5, 0.6) is 0 Å². The number of oxime groups is 1. The molecule has 0 aliphatic rings. The number of nitrogens with zero attached hydrogens (tertiary/aromatic N) is 1. The lowest BCUT2D eigenvalue weighted by Gasteiger charge is -2.05. The van der Waals surface area contributed by atoms with Crippen LogP contribution >= 0.6 is 23.2 Å². The lowest BCUT2D eigenvalue weighted by molar-refractivity contribution is 0.0516. The summed E-state index contributed by atoms with van der Waals surface area (Å²) < 4.78 is 0. The lowest BCUT2D eigenvalue weighted by Crippen LogP contribution is -2.15. The molecule has 2 rings (SSSR count). The summed E-state index contributed by atoms with van der Waals surface area (Å²) in [6.07, 6.45) is 0. The summed E-state index contributed by atoms with van der Waals surface area (Å²) in [4.78, 5) is 16.7. The van der Waals surface area contributed by atoms with Gasteiger partial charge >= 0.3 is 5.97 Å². The molecule has 0 heterocycles. The summed E-state index contributed by atoms with van der Waals surface area (Å²) in [6, 6.07) is 12.1. The maximum Gasteiger partial charge on any atom is 0.368 e. The Morgan fingerprint density at radius 1 is 1.14 bits per heavy atom. The Kier molecular flexibility index (Phi) is 4.83. The molecule has 0 aromatic heterocycles. The average molecular weight is 323 g/mol. The number of amidine groups is 1. The van der Waals surface area contributed by atoms with Gasteiger partial charge in [-0.25, -0.2) is 4.79 Å². The van der Waals surface area contributed by atoms with Gasteiger partial charge in [-0.15, -0.1) is 0 Å². The van der Waals surface area contributed by atoms with E-state index in [4.69, 9.17) is 33.8 Å². The molecule has 21 heavy (non-hydrogen) atoms. The zero-order valence-corrected chi connectivity index (χ0v) is 12.7. The molecule has 0 fully saturated rings. The molecule has 2 aromatic rings. The van der Waals surface area contributed by atoms with Gasteiger partial charge in [0.15, 0.2) is 5.84 Å². The summed E-state index contributed by atoms with van der Waals surface area (Å²) in [6.45, 7) is 1.92. The van der Waals surface area contributed by atoms with E-state index in [-0.39, 0.29) is 21.4 Å². The zero-order valence-electron chi connectivity index (χ0n) is 11.1. The predicted molar refractivity (Wildman–Crippen MR) is 83.8 cm³/mol. The Labute approximate surface area is 132 Å². The molecule has 4 nitrogen and oxygen atoms in total. The van der Waals surface area contributed by atoms with Crippen LogP contribution in [0.4, 0.5) is 0 Å². The van der Waals surface area contributed by atoms with Crippen molar-refractivity contribution in [1.82, 2.24) is 0 Å². The number of nitrogens with two attached hydrogens (primary N) is 1. The van der Waals surface area contributed by atoms with Crippen LogP contribution in [0.2, 0.25) is 10.0 Å². The van der Waals surface area contributed by atoms with Crippen LogP contribution in [-0.4, -0.2) is 11.8 Å². The highest BCUT2D eigenvalue weighted by Gasteiger charge is 2.16. The fourth-order valence-electron chi connectivity index (χ4n) is 1.69. The Morgan fingerprint density at radius 3 is 2.38 bits per heavy atom. The van der Waals surface area contributed by atoms with Gasteiger partial charge in [0.25, 0.3) is 0 Å². The molecule has 2 N–H and O–H groups in total. The van der Waals surface area contributed by atoms with Crippen molar-refractivity contribution in [2.45, 2.75) is 6.92 Å². The van der Waals surface area contributed by atoms with Crippen molar-refractivity contribution in [3.63, 3.8) is 0 Å². The number of carbonyl (C=O) groups excluding carboxylic acids is 1. The number of aryl methyl sites for hydroxylation is 1. The lowest BCUT2D eigenvalue weighted by atomic mass is 10.1. The quantitative estimate of drug-likeness (QED) is 0.405. The summed E-state index contributed by atoms with van der Waals surface area (Å²) in [5.74, 6) is -0.670. The van der Waals surface area contributed by atoms with E-state index in [9.17, 15) is 4.79 Å². The van der Waals surface area contributed by atoms with Crippen molar-refractivity contribution < 1.29 is 9.63 Å². The minimum atomic E-state index is -0.763. The molecule has 0 aliphatic carbocycles. The first kappa shape index (κ1) is 15.4. The monoisotopic (exact) mass is 322 g/mol. The molecule has 2 aromatic carbocycles. The van der Waals surface area contributed by atoms with Crippen LogP contribution in [0.25, 0.3) is 0 Å². The molecule has 0 saturated heterocycles. The van der Waals surface area contributed by atoms with Gasteiger partial charge in [0.2, 0.25) is 0 Å². The number of hydrogen-bond acceptors (Lipinski definition) is 3. The van der Waals surface area contributed by atoms with E-state index < -0.39 is 5.97 Å². The molecule has 0 radical (unpaired) electrons. The third kappa shape index (κ3) is 3.74. The Balaban J connectivity index is 2.19. The Hall–Kier alpha value is -2.04. The first-order valence-corrected chi connectivity index (χ1v) is 6.80. The minimum absolute atomic E-state index is 0.0571. The van der Waals surface area contributed by atoms with E-state index in [0.29, 0.717) is 5.56 Å². The third-order valence-corrected chi connectivity index (χ3v) is 3.34. The summed E-state index contributed by atoms with van der Waals surface area (Å²) in [5.41, 5.74) is 7.51.